The lowest BCUT2D eigenvalue weighted by atomic mass is 9.93. The highest BCUT2D eigenvalue weighted by Crippen LogP contribution is 2.29. The fourth-order valence-electron chi connectivity index (χ4n) is 2.60. The van der Waals surface area contributed by atoms with Gasteiger partial charge in [-0.25, -0.2) is 0 Å². The number of hydrogen-bond donors (Lipinski definition) is 1. The molecule has 0 spiro atoms. The van der Waals surface area contributed by atoms with E-state index in [1.807, 2.05) is 0 Å². The maximum absolute atomic E-state index is 3.78. The van der Waals surface area contributed by atoms with Crippen molar-refractivity contribution in [1.82, 2.24) is 0 Å². The molecule has 1 nitrogen and oxygen atoms in total. The Labute approximate surface area is 126 Å². The van der Waals surface area contributed by atoms with Crippen LogP contribution in [0.2, 0.25) is 0 Å². The Bertz CT molecular complexity index is 393. The summed E-state index contributed by atoms with van der Waals surface area (Å²) in [5.41, 5.74) is 4.25. The molecule has 0 radical (unpaired) electrons. The molecule has 0 bridgehead atoms. The van der Waals surface area contributed by atoms with Gasteiger partial charge >= 0.3 is 0 Å². The third kappa shape index (κ3) is 4.85. The Kier molecular flexibility index (Phi) is 7.12. The Hall–Kier alpha value is -0.980. The van der Waals surface area contributed by atoms with E-state index in [1.165, 1.54) is 42.5 Å². The van der Waals surface area contributed by atoms with Gasteiger partial charge in [0.1, 0.15) is 0 Å². The molecule has 1 aromatic rings. The standard InChI is InChI=1S/C19H33N/c1-7-9-10-17(8-2)20-19-12-11-16(14(3)4)13-18(19)15(5)6/h11-15,17,20H,7-10H2,1-6H3. The van der Waals surface area contributed by atoms with Crippen LogP contribution in [-0.4, -0.2) is 6.04 Å². The molecular weight excluding hydrogens is 242 g/mol. The van der Waals surface area contributed by atoms with Crippen LogP contribution >= 0.6 is 0 Å². The Balaban J connectivity index is 2.92. The van der Waals surface area contributed by atoms with Crippen molar-refractivity contribution in [3.63, 3.8) is 0 Å². The summed E-state index contributed by atoms with van der Waals surface area (Å²) < 4.78 is 0. The minimum atomic E-state index is 0.569. The smallest absolute Gasteiger partial charge is 0.0377 e. The van der Waals surface area contributed by atoms with Gasteiger partial charge in [-0.2, -0.15) is 0 Å². The molecule has 0 aromatic heterocycles. The topological polar surface area (TPSA) is 12.0 Å². The summed E-state index contributed by atoms with van der Waals surface area (Å²) in [5.74, 6) is 1.17. The zero-order valence-corrected chi connectivity index (χ0v) is 14.3. The minimum Gasteiger partial charge on any atom is -0.382 e. The second-order valence-corrected chi connectivity index (χ2v) is 6.55. The molecule has 0 heterocycles. The number of hydrogen-bond acceptors (Lipinski definition) is 1. The number of benzene rings is 1. The van der Waals surface area contributed by atoms with Crippen LogP contribution in [0.15, 0.2) is 18.2 Å². The van der Waals surface area contributed by atoms with E-state index in [2.05, 4.69) is 65.1 Å². The van der Waals surface area contributed by atoms with E-state index < -0.39 is 0 Å². The monoisotopic (exact) mass is 275 g/mol. The lowest BCUT2D eigenvalue weighted by molar-refractivity contribution is 0.592. The molecule has 1 rings (SSSR count). The molecular formula is C19H33N. The quantitative estimate of drug-likeness (QED) is 0.586. The highest BCUT2D eigenvalue weighted by atomic mass is 14.9. The number of nitrogens with one attached hydrogen (secondary N) is 1. The van der Waals surface area contributed by atoms with Gasteiger partial charge in [0.15, 0.2) is 0 Å². The molecule has 0 aliphatic rings. The van der Waals surface area contributed by atoms with E-state index in [1.54, 1.807) is 0 Å². The van der Waals surface area contributed by atoms with Crippen LogP contribution in [0, 0.1) is 0 Å². The number of rotatable bonds is 8. The fraction of sp³-hybridized carbons (Fsp3) is 0.684. The van der Waals surface area contributed by atoms with Gasteiger partial charge < -0.3 is 5.32 Å². The van der Waals surface area contributed by atoms with E-state index in [9.17, 15) is 0 Å². The van der Waals surface area contributed by atoms with Gasteiger partial charge in [-0.05, 0) is 41.9 Å². The van der Waals surface area contributed by atoms with Crippen LogP contribution < -0.4 is 5.32 Å². The predicted octanol–water partition coefficient (Wildman–Crippen LogP) is 6.31. The molecule has 1 N–H and O–H groups in total. The zero-order valence-electron chi connectivity index (χ0n) is 14.3. The summed E-state index contributed by atoms with van der Waals surface area (Å²) >= 11 is 0. The minimum absolute atomic E-state index is 0.569. The Morgan fingerprint density at radius 3 is 2.20 bits per heavy atom. The maximum Gasteiger partial charge on any atom is 0.0377 e. The highest BCUT2D eigenvalue weighted by Gasteiger charge is 2.12. The molecule has 0 fully saturated rings. The lowest BCUT2D eigenvalue weighted by Gasteiger charge is -2.23. The van der Waals surface area contributed by atoms with Crippen molar-refractivity contribution in [1.29, 1.82) is 0 Å². The second-order valence-electron chi connectivity index (χ2n) is 6.55. The second kappa shape index (κ2) is 8.34. The summed E-state index contributed by atoms with van der Waals surface area (Å²) in [6.45, 7) is 13.7. The van der Waals surface area contributed by atoms with Crippen molar-refractivity contribution in [2.75, 3.05) is 5.32 Å². The van der Waals surface area contributed by atoms with Crippen LogP contribution in [0.25, 0.3) is 0 Å². The summed E-state index contributed by atoms with van der Waals surface area (Å²) in [5, 5.41) is 3.78. The molecule has 0 aliphatic carbocycles. The van der Waals surface area contributed by atoms with Crippen molar-refractivity contribution in [2.45, 2.75) is 85.1 Å². The zero-order chi connectivity index (χ0) is 15.1. The molecule has 114 valence electrons. The van der Waals surface area contributed by atoms with Gasteiger partial charge in [0, 0.05) is 11.7 Å². The van der Waals surface area contributed by atoms with Gasteiger partial charge in [-0.1, -0.05) is 66.5 Å². The maximum atomic E-state index is 3.78. The first-order valence-corrected chi connectivity index (χ1v) is 8.39. The molecule has 0 amide bonds. The Morgan fingerprint density at radius 2 is 1.70 bits per heavy atom. The largest absolute Gasteiger partial charge is 0.382 e. The molecule has 0 aliphatic heterocycles. The van der Waals surface area contributed by atoms with Gasteiger partial charge in [-0.3, -0.25) is 0 Å². The molecule has 0 saturated heterocycles. The normalized spacial score (nSPS) is 13.0. The van der Waals surface area contributed by atoms with Crippen LogP contribution in [0.3, 0.4) is 0 Å². The Morgan fingerprint density at radius 1 is 1.00 bits per heavy atom. The average molecular weight is 275 g/mol. The summed E-state index contributed by atoms with van der Waals surface area (Å²) in [4.78, 5) is 0. The van der Waals surface area contributed by atoms with E-state index >= 15 is 0 Å². The molecule has 1 atom stereocenters. The fourth-order valence-corrected chi connectivity index (χ4v) is 2.60. The molecule has 1 heteroatoms. The van der Waals surface area contributed by atoms with E-state index in [0.717, 1.165) is 0 Å². The van der Waals surface area contributed by atoms with Crippen molar-refractivity contribution < 1.29 is 0 Å². The molecule has 1 unspecified atom stereocenters. The summed E-state index contributed by atoms with van der Waals surface area (Å²) in [6, 6.07) is 7.58. The first-order valence-electron chi connectivity index (χ1n) is 8.39. The van der Waals surface area contributed by atoms with Crippen molar-refractivity contribution in [3.05, 3.63) is 29.3 Å². The van der Waals surface area contributed by atoms with Crippen LogP contribution in [0.1, 0.15) is 90.2 Å². The van der Waals surface area contributed by atoms with Crippen molar-refractivity contribution in [3.8, 4) is 0 Å². The predicted molar refractivity (Wildman–Crippen MR) is 91.8 cm³/mol. The van der Waals surface area contributed by atoms with Gasteiger partial charge in [0.05, 0.1) is 0 Å². The van der Waals surface area contributed by atoms with E-state index in [0.29, 0.717) is 17.9 Å². The lowest BCUT2D eigenvalue weighted by Crippen LogP contribution is -2.19. The molecule has 0 saturated carbocycles. The van der Waals surface area contributed by atoms with E-state index in [4.69, 9.17) is 0 Å². The van der Waals surface area contributed by atoms with Crippen molar-refractivity contribution >= 4 is 5.69 Å². The SMILES string of the molecule is CCCCC(CC)Nc1ccc(C(C)C)cc1C(C)C. The third-order valence-corrected chi connectivity index (χ3v) is 4.12. The third-order valence-electron chi connectivity index (χ3n) is 4.12. The van der Waals surface area contributed by atoms with Gasteiger partial charge in [0.25, 0.3) is 0 Å². The van der Waals surface area contributed by atoms with E-state index in [-0.39, 0.29) is 0 Å². The first kappa shape index (κ1) is 17.1. The highest BCUT2D eigenvalue weighted by molar-refractivity contribution is 5.55. The molecule has 1 aromatic carbocycles. The number of anilines is 1. The van der Waals surface area contributed by atoms with Crippen LogP contribution in [-0.2, 0) is 0 Å². The summed E-state index contributed by atoms with van der Waals surface area (Å²) in [7, 11) is 0. The first-order chi connectivity index (χ1) is 9.49. The van der Waals surface area contributed by atoms with Crippen molar-refractivity contribution in [2.24, 2.45) is 0 Å². The average Bonchev–Trinajstić information content (AvgIpc) is 2.43. The molecule has 20 heavy (non-hydrogen) atoms. The van der Waals surface area contributed by atoms with Gasteiger partial charge in [0.2, 0.25) is 0 Å². The van der Waals surface area contributed by atoms with Crippen LogP contribution in [0.5, 0.6) is 0 Å². The van der Waals surface area contributed by atoms with Crippen LogP contribution in [0.4, 0.5) is 5.69 Å². The summed E-state index contributed by atoms with van der Waals surface area (Å²) in [6.07, 6.45) is 5.06. The van der Waals surface area contributed by atoms with Gasteiger partial charge in [-0.15, -0.1) is 0 Å². The number of unbranched alkanes of at least 4 members (excludes halogenated alkanes) is 1.